The van der Waals surface area contributed by atoms with Crippen LogP contribution in [0, 0.1) is 0 Å². The smallest absolute Gasteiger partial charge is 0.227 e. The number of carbonyl (C=O) groups is 1. The molecule has 1 aromatic heterocycles. The van der Waals surface area contributed by atoms with Gasteiger partial charge in [0.15, 0.2) is 0 Å². The zero-order chi connectivity index (χ0) is 13.9. The molecule has 0 radical (unpaired) electrons. The van der Waals surface area contributed by atoms with Crippen LogP contribution < -0.4 is 0 Å². The summed E-state index contributed by atoms with van der Waals surface area (Å²) in [6.45, 7) is 0.857. The molecule has 2 aromatic rings. The molecule has 1 aromatic carbocycles. The van der Waals surface area contributed by atoms with Crippen molar-refractivity contribution in [3.63, 3.8) is 0 Å². The maximum absolute atomic E-state index is 12.5. The van der Waals surface area contributed by atoms with Gasteiger partial charge < -0.3 is 4.90 Å². The van der Waals surface area contributed by atoms with Crippen molar-refractivity contribution in [2.24, 2.45) is 0 Å². The van der Waals surface area contributed by atoms with Gasteiger partial charge in [-0.1, -0.05) is 23.7 Å². The van der Waals surface area contributed by atoms with Gasteiger partial charge in [-0.25, -0.2) is 0 Å². The topological polar surface area (TPSA) is 20.3 Å². The standard InChI is InChI=1S/C16H16ClNOS/c17-14-5-3-13(4-6-14)15-2-1-8-18(15)16(19)10-12-7-9-20-11-12/h3-7,9,11,15H,1-2,8,10H2/t15-/m1/s1. The lowest BCUT2D eigenvalue weighted by molar-refractivity contribution is -0.131. The zero-order valence-electron chi connectivity index (χ0n) is 11.1. The van der Waals surface area contributed by atoms with Gasteiger partial charge >= 0.3 is 0 Å². The van der Waals surface area contributed by atoms with Crippen molar-refractivity contribution in [3.8, 4) is 0 Å². The molecule has 1 amide bonds. The van der Waals surface area contributed by atoms with Gasteiger partial charge in [-0.3, -0.25) is 4.79 Å². The molecule has 0 bridgehead atoms. The van der Waals surface area contributed by atoms with Crippen LogP contribution in [0.3, 0.4) is 0 Å². The third kappa shape index (κ3) is 2.89. The molecule has 1 atom stereocenters. The second kappa shape index (κ2) is 5.98. The first-order valence-electron chi connectivity index (χ1n) is 6.80. The number of halogens is 1. The van der Waals surface area contributed by atoms with E-state index in [2.05, 4.69) is 0 Å². The second-order valence-electron chi connectivity index (χ2n) is 5.11. The molecule has 4 heteroatoms. The van der Waals surface area contributed by atoms with Crippen LogP contribution in [0.4, 0.5) is 0 Å². The summed E-state index contributed by atoms with van der Waals surface area (Å²) in [6, 6.07) is 10.1. The van der Waals surface area contributed by atoms with Crippen LogP contribution in [0.5, 0.6) is 0 Å². The van der Waals surface area contributed by atoms with Crippen LogP contribution in [0.2, 0.25) is 5.02 Å². The Balaban J connectivity index is 1.75. The van der Waals surface area contributed by atoms with E-state index in [1.165, 1.54) is 5.56 Å². The molecular formula is C16H16ClNOS. The molecule has 104 valence electrons. The predicted molar refractivity (Wildman–Crippen MR) is 83.2 cm³/mol. The molecule has 1 aliphatic rings. The number of thiophene rings is 1. The Morgan fingerprint density at radius 2 is 2.10 bits per heavy atom. The van der Waals surface area contributed by atoms with E-state index in [1.54, 1.807) is 11.3 Å². The van der Waals surface area contributed by atoms with Gasteiger partial charge in [0.05, 0.1) is 12.5 Å². The van der Waals surface area contributed by atoms with Crippen molar-refractivity contribution in [2.45, 2.75) is 25.3 Å². The number of amides is 1. The van der Waals surface area contributed by atoms with Gasteiger partial charge in [0.25, 0.3) is 0 Å². The van der Waals surface area contributed by atoms with Crippen LogP contribution >= 0.6 is 22.9 Å². The molecule has 0 unspecified atom stereocenters. The van der Waals surface area contributed by atoms with Crippen molar-refractivity contribution in [1.29, 1.82) is 0 Å². The first kappa shape index (κ1) is 13.7. The van der Waals surface area contributed by atoms with E-state index in [9.17, 15) is 4.79 Å². The normalized spacial score (nSPS) is 18.4. The molecule has 1 fully saturated rings. The van der Waals surface area contributed by atoms with Gasteiger partial charge in [-0.15, -0.1) is 0 Å². The zero-order valence-corrected chi connectivity index (χ0v) is 12.7. The number of hydrogen-bond acceptors (Lipinski definition) is 2. The fourth-order valence-corrected chi connectivity index (χ4v) is 3.56. The summed E-state index contributed by atoms with van der Waals surface area (Å²) in [4.78, 5) is 14.5. The van der Waals surface area contributed by atoms with Crippen molar-refractivity contribution >= 4 is 28.8 Å². The Bertz CT molecular complexity index is 579. The highest BCUT2D eigenvalue weighted by Crippen LogP contribution is 2.33. The third-order valence-electron chi connectivity index (χ3n) is 3.76. The van der Waals surface area contributed by atoms with E-state index in [4.69, 9.17) is 11.6 Å². The number of carbonyl (C=O) groups excluding carboxylic acids is 1. The maximum atomic E-state index is 12.5. The summed E-state index contributed by atoms with van der Waals surface area (Å²) < 4.78 is 0. The molecule has 1 saturated heterocycles. The van der Waals surface area contributed by atoms with Gasteiger partial charge in [-0.2, -0.15) is 11.3 Å². The number of rotatable bonds is 3. The average molecular weight is 306 g/mol. The molecular weight excluding hydrogens is 290 g/mol. The lowest BCUT2D eigenvalue weighted by Crippen LogP contribution is -2.31. The van der Waals surface area contributed by atoms with Gasteiger partial charge in [0.2, 0.25) is 5.91 Å². The van der Waals surface area contributed by atoms with E-state index in [1.807, 2.05) is 46.0 Å². The summed E-state index contributed by atoms with van der Waals surface area (Å²) in [5, 5.41) is 4.80. The maximum Gasteiger partial charge on any atom is 0.227 e. The molecule has 0 saturated carbocycles. The minimum atomic E-state index is 0.207. The SMILES string of the molecule is O=C(Cc1ccsc1)N1CCC[C@@H]1c1ccc(Cl)cc1. The summed E-state index contributed by atoms with van der Waals surface area (Å²) in [5.41, 5.74) is 2.30. The Labute approximate surface area is 128 Å². The minimum Gasteiger partial charge on any atom is -0.335 e. The van der Waals surface area contributed by atoms with E-state index in [0.29, 0.717) is 6.42 Å². The Kier molecular flexibility index (Phi) is 4.08. The van der Waals surface area contributed by atoms with Crippen LogP contribution in [0.25, 0.3) is 0 Å². The van der Waals surface area contributed by atoms with Gasteiger partial charge in [0.1, 0.15) is 0 Å². The fourth-order valence-electron chi connectivity index (χ4n) is 2.77. The van der Waals surface area contributed by atoms with Crippen molar-refractivity contribution in [1.82, 2.24) is 4.90 Å². The number of benzene rings is 1. The van der Waals surface area contributed by atoms with E-state index < -0.39 is 0 Å². The molecule has 2 heterocycles. The van der Waals surface area contributed by atoms with Crippen molar-refractivity contribution in [3.05, 3.63) is 57.2 Å². The Hall–Kier alpha value is -1.32. The molecule has 2 nitrogen and oxygen atoms in total. The first-order valence-corrected chi connectivity index (χ1v) is 8.12. The largest absolute Gasteiger partial charge is 0.335 e. The van der Waals surface area contributed by atoms with Crippen LogP contribution in [-0.2, 0) is 11.2 Å². The molecule has 0 aliphatic carbocycles. The highest BCUT2D eigenvalue weighted by atomic mass is 35.5. The first-order chi connectivity index (χ1) is 9.74. The third-order valence-corrected chi connectivity index (χ3v) is 4.75. The number of hydrogen-bond donors (Lipinski definition) is 0. The molecule has 0 N–H and O–H groups in total. The Morgan fingerprint density at radius 3 is 2.80 bits per heavy atom. The summed E-state index contributed by atoms with van der Waals surface area (Å²) in [7, 11) is 0. The summed E-state index contributed by atoms with van der Waals surface area (Å²) in [5.74, 6) is 0.223. The van der Waals surface area contributed by atoms with Crippen molar-refractivity contribution in [2.75, 3.05) is 6.54 Å². The molecule has 0 spiro atoms. The monoisotopic (exact) mass is 305 g/mol. The van der Waals surface area contributed by atoms with E-state index >= 15 is 0 Å². The quantitative estimate of drug-likeness (QED) is 0.827. The highest BCUT2D eigenvalue weighted by molar-refractivity contribution is 7.08. The lowest BCUT2D eigenvalue weighted by atomic mass is 10.0. The molecule has 20 heavy (non-hydrogen) atoms. The van der Waals surface area contributed by atoms with Gasteiger partial charge in [-0.05, 0) is 52.9 Å². The average Bonchev–Trinajstić information content (AvgIpc) is 3.10. The highest BCUT2D eigenvalue weighted by Gasteiger charge is 2.29. The predicted octanol–water partition coefficient (Wildman–Crippen LogP) is 4.31. The summed E-state index contributed by atoms with van der Waals surface area (Å²) in [6.07, 6.45) is 2.62. The van der Waals surface area contributed by atoms with Crippen LogP contribution in [-0.4, -0.2) is 17.4 Å². The number of likely N-dealkylation sites (tertiary alicyclic amines) is 1. The van der Waals surface area contributed by atoms with Gasteiger partial charge in [0, 0.05) is 11.6 Å². The van der Waals surface area contributed by atoms with E-state index in [-0.39, 0.29) is 11.9 Å². The molecule has 1 aliphatic heterocycles. The summed E-state index contributed by atoms with van der Waals surface area (Å²) >= 11 is 7.57. The van der Waals surface area contributed by atoms with E-state index in [0.717, 1.165) is 30.0 Å². The van der Waals surface area contributed by atoms with Crippen LogP contribution in [0.15, 0.2) is 41.1 Å². The minimum absolute atomic E-state index is 0.207. The lowest BCUT2D eigenvalue weighted by Gasteiger charge is -2.25. The van der Waals surface area contributed by atoms with Crippen LogP contribution in [0.1, 0.15) is 30.0 Å². The van der Waals surface area contributed by atoms with Crippen molar-refractivity contribution < 1.29 is 4.79 Å². The number of nitrogens with zero attached hydrogens (tertiary/aromatic N) is 1. The Morgan fingerprint density at radius 1 is 1.30 bits per heavy atom. The second-order valence-corrected chi connectivity index (χ2v) is 6.32. The molecule has 3 rings (SSSR count). The fraction of sp³-hybridized carbons (Fsp3) is 0.312.